The normalized spacial score (nSPS) is 9.87. The number of H-pyrrole nitrogens is 1. The van der Waals surface area contributed by atoms with Gasteiger partial charge in [0.05, 0.1) is 0 Å². The van der Waals surface area contributed by atoms with Crippen molar-refractivity contribution in [3.8, 4) is 11.4 Å². The largest absolute Gasteiger partial charge is 0.465 e. The number of nitrogens with one attached hydrogen (secondary N) is 2. The molecule has 1 aromatic carbocycles. The Morgan fingerprint density at radius 3 is 2.73 bits per heavy atom. The molecule has 0 saturated heterocycles. The SMILES string of the molecule is O=C(O)Nc1n[nH]c(-c2ccccc2)n1. The van der Waals surface area contributed by atoms with Crippen LogP contribution in [0.3, 0.4) is 0 Å². The monoisotopic (exact) mass is 204 g/mol. The van der Waals surface area contributed by atoms with Crippen molar-refractivity contribution in [1.29, 1.82) is 0 Å². The fraction of sp³-hybridized carbons (Fsp3) is 0. The summed E-state index contributed by atoms with van der Waals surface area (Å²) in [5.74, 6) is 0.570. The zero-order chi connectivity index (χ0) is 10.7. The van der Waals surface area contributed by atoms with E-state index in [4.69, 9.17) is 5.11 Å². The van der Waals surface area contributed by atoms with Crippen LogP contribution >= 0.6 is 0 Å². The van der Waals surface area contributed by atoms with Crippen molar-refractivity contribution >= 4 is 12.0 Å². The summed E-state index contributed by atoms with van der Waals surface area (Å²) in [6.07, 6.45) is -1.19. The van der Waals surface area contributed by atoms with Crippen LogP contribution in [0.25, 0.3) is 11.4 Å². The van der Waals surface area contributed by atoms with Crippen LogP contribution in [0.15, 0.2) is 30.3 Å². The lowest BCUT2D eigenvalue weighted by atomic mass is 10.2. The highest BCUT2D eigenvalue weighted by atomic mass is 16.4. The Hall–Kier alpha value is -2.37. The fourth-order valence-electron chi connectivity index (χ4n) is 1.14. The number of amides is 1. The van der Waals surface area contributed by atoms with Gasteiger partial charge in [0.15, 0.2) is 5.82 Å². The van der Waals surface area contributed by atoms with E-state index >= 15 is 0 Å². The van der Waals surface area contributed by atoms with Gasteiger partial charge >= 0.3 is 6.09 Å². The minimum absolute atomic E-state index is 0.0429. The van der Waals surface area contributed by atoms with Crippen LogP contribution in [0.1, 0.15) is 0 Å². The van der Waals surface area contributed by atoms with Gasteiger partial charge in [0.1, 0.15) is 0 Å². The first-order valence-corrected chi connectivity index (χ1v) is 4.23. The number of hydrogen-bond donors (Lipinski definition) is 3. The second kappa shape index (κ2) is 3.79. The first-order valence-electron chi connectivity index (χ1n) is 4.23. The van der Waals surface area contributed by atoms with Crippen molar-refractivity contribution in [1.82, 2.24) is 15.2 Å². The van der Waals surface area contributed by atoms with Gasteiger partial charge in [0, 0.05) is 5.56 Å². The molecule has 2 aromatic rings. The van der Waals surface area contributed by atoms with Gasteiger partial charge in [0.25, 0.3) is 5.95 Å². The summed E-state index contributed by atoms with van der Waals surface area (Å²) in [7, 11) is 0. The van der Waals surface area contributed by atoms with E-state index in [1.54, 1.807) is 0 Å². The molecule has 0 spiro atoms. The highest BCUT2D eigenvalue weighted by molar-refractivity contribution is 5.80. The number of hydrogen-bond acceptors (Lipinski definition) is 3. The van der Waals surface area contributed by atoms with E-state index in [1.165, 1.54) is 0 Å². The molecule has 6 nitrogen and oxygen atoms in total. The van der Waals surface area contributed by atoms with E-state index in [9.17, 15) is 4.79 Å². The van der Waals surface area contributed by atoms with E-state index in [1.807, 2.05) is 30.3 Å². The molecule has 0 saturated carbocycles. The molecule has 0 aliphatic rings. The van der Waals surface area contributed by atoms with E-state index < -0.39 is 6.09 Å². The fourth-order valence-corrected chi connectivity index (χ4v) is 1.14. The summed E-state index contributed by atoms with van der Waals surface area (Å²) in [5.41, 5.74) is 0.850. The van der Waals surface area contributed by atoms with Gasteiger partial charge in [-0.25, -0.2) is 4.79 Å². The Labute approximate surface area is 85.0 Å². The highest BCUT2D eigenvalue weighted by Gasteiger charge is 2.06. The Kier molecular flexibility index (Phi) is 2.32. The smallest absolute Gasteiger partial charge is 0.411 e. The number of aromatic amines is 1. The van der Waals surface area contributed by atoms with Crippen LogP contribution in [-0.2, 0) is 0 Å². The van der Waals surface area contributed by atoms with Crippen LogP contribution in [0.2, 0.25) is 0 Å². The molecule has 0 atom stereocenters. The number of benzene rings is 1. The first kappa shape index (κ1) is 9.20. The summed E-state index contributed by atoms with van der Waals surface area (Å²) >= 11 is 0. The molecule has 76 valence electrons. The predicted octanol–water partition coefficient (Wildman–Crippen LogP) is 1.56. The molecule has 15 heavy (non-hydrogen) atoms. The average Bonchev–Trinajstić information content (AvgIpc) is 2.67. The molecule has 0 aliphatic carbocycles. The summed E-state index contributed by atoms with van der Waals surface area (Å²) < 4.78 is 0. The molecule has 1 heterocycles. The molecular formula is C9H8N4O2. The van der Waals surface area contributed by atoms with E-state index in [2.05, 4.69) is 20.5 Å². The Bertz CT molecular complexity index is 466. The van der Waals surface area contributed by atoms with Gasteiger partial charge in [-0.15, -0.1) is 5.10 Å². The standard InChI is InChI=1S/C9H8N4O2/c14-9(15)11-8-10-7(12-13-8)6-4-2-1-3-5-6/h1-5H,(H,14,15)(H2,10,11,12,13). The minimum atomic E-state index is -1.19. The number of rotatable bonds is 2. The van der Waals surface area contributed by atoms with Crippen LogP contribution < -0.4 is 5.32 Å². The molecule has 0 fully saturated rings. The zero-order valence-corrected chi connectivity index (χ0v) is 7.64. The molecule has 0 unspecified atom stereocenters. The molecule has 1 aromatic heterocycles. The molecule has 2 rings (SSSR count). The maximum absolute atomic E-state index is 10.3. The molecule has 0 aliphatic heterocycles. The van der Waals surface area contributed by atoms with Crippen molar-refractivity contribution in [3.05, 3.63) is 30.3 Å². The summed E-state index contributed by atoms with van der Waals surface area (Å²) in [6, 6.07) is 9.32. The first-order chi connectivity index (χ1) is 7.25. The van der Waals surface area contributed by atoms with Gasteiger partial charge < -0.3 is 5.11 Å². The van der Waals surface area contributed by atoms with E-state index in [-0.39, 0.29) is 5.95 Å². The van der Waals surface area contributed by atoms with Crippen LogP contribution in [0.5, 0.6) is 0 Å². The predicted molar refractivity (Wildman–Crippen MR) is 53.5 cm³/mol. The lowest BCUT2D eigenvalue weighted by Gasteiger charge is -1.93. The highest BCUT2D eigenvalue weighted by Crippen LogP contribution is 2.14. The number of aromatic nitrogens is 3. The van der Waals surface area contributed by atoms with Crippen LogP contribution in [0, 0.1) is 0 Å². The second-order valence-electron chi connectivity index (χ2n) is 2.80. The zero-order valence-electron chi connectivity index (χ0n) is 7.64. The average molecular weight is 204 g/mol. The van der Waals surface area contributed by atoms with E-state index in [0.717, 1.165) is 5.56 Å². The molecule has 3 N–H and O–H groups in total. The van der Waals surface area contributed by atoms with Crippen LogP contribution in [-0.4, -0.2) is 26.4 Å². The maximum Gasteiger partial charge on any atom is 0.411 e. The third-order valence-corrected chi connectivity index (χ3v) is 1.75. The molecular weight excluding hydrogens is 196 g/mol. The molecule has 0 bridgehead atoms. The number of nitrogens with zero attached hydrogens (tertiary/aromatic N) is 2. The molecule has 6 heteroatoms. The summed E-state index contributed by atoms with van der Waals surface area (Å²) in [5, 5.41) is 16.8. The lowest BCUT2D eigenvalue weighted by Crippen LogP contribution is -2.08. The summed E-state index contributed by atoms with van der Waals surface area (Å²) in [6.45, 7) is 0. The third kappa shape index (κ3) is 2.11. The summed E-state index contributed by atoms with van der Waals surface area (Å²) in [4.78, 5) is 14.3. The Balaban J connectivity index is 2.24. The Morgan fingerprint density at radius 1 is 1.33 bits per heavy atom. The third-order valence-electron chi connectivity index (χ3n) is 1.75. The van der Waals surface area contributed by atoms with Gasteiger partial charge in [-0.2, -0.15) is 4.98 Å². The Morgan fingerprint density at radius 2 is 2.07 bits per heavy atom. The number of carboxylic acid groups (broad SMARTS) is 1. The van der Waals surface area contributed by atoms with E-state index in [0.29, 0.717) is 5.82 Å². The van der Waals surface area contributed by atoms with Gasteiger partial charge in [-0.3, -0.25) is 10.4 Å². The quantitative estimate of drug-likeness (QED) is 0.692. The van der Waals surface area contributed by atoms with Crippen molar-refractivity contribution in [2.24, 2.45) is 0 Å². The van der Waals surface area contributed by atoms with Crippen LogP contribution in [0.4, 0.5) is 10.7 Å². The second-order valence-corrected chi connectivity index (χ2v) is 2.80. The van der Waals surface area contributed by atoms with Crippen molar-refractivity contribution in [2.45, 2.75) is 0 Å². The van der Waals surface area contributed by atoms with Gasteiger partial charge in [-0.05, 0) is 0 Å². The van der Waals surface area contributed by atoms with Crippen molar-refractivity contribution < 1.29 is 9.90 Å². The molecule has 1 amide bonds. The number of anilines is 1. The minimum Gasteiger partial charge on any atom is -0.465 e. The van der Waals surface area contributed by atoms with Crippen molar-refractivity contribution in [2.75, 3.05) is 5.32 Å². The van der Waals surface area contributed by atoms with Gasteiger partial charge in [-0.1, -0.05) is 30.3 Å². The van der Waals surface area contributed by atoms with Crippen molar-refractivity contribution in [3.63, 3.8) is 0 Å². The van der Waals surface area contributed by atoms with Gasteiger partial charge in [0.2, 0.25) is 0 Å². The lowest BCUT2D eigenvalue weighted by molar-refractivity contribution is 0.209. The number of carbonyl (C=O) groups is 1. The molecule has 0 radical (unpaired) electrons. The topological polar surface area (TPSA) is 90.9 Å². The maximum atomic E-state index is 10.3.